The number of carbonyl (C=O) groups is 1. The standard InChI is InChI=1S/C24H50O4Si/c1-5-9-10-11-12-13-14-15-16-17-18-19-20-21-22-23-24(25)29(26-6-2,27-7-3)28-8-4/h5-23H2,1-4H3. The molecule has 0 aromatic carbocycles. The van der Waals surface area contributed by atoms with Crippen molar-refractivity contribution >= 4 is 14.2 Å². The smallest absolute Gasteiger partial charge is 0.369 e. The van der Waals surface area contributed by atoms with Gasteiger partial charge in [0.2, 0.25) is 5.41 Å². The van der Waals surface area contributed by atoms with Crippen LogP contribution in [0, 0.1) is 0 Å². The number of hydrogen-bond donors (Lipinski definition) is 0. The minimum absolute atomic E-state index is 0.0535. The van der Waals surface area contributed by atoms with Gasteiger partial charge >= 0.3 is 8.80 Å². The molecule has 29 heavy (non-hydrogen) atoms. The second-order valence-electron chi connectivity index (χ2n) is 7.98. The summed E-state index contributed by atoms with van der Waals surface area (Å²) in [6, 6.07) is 0. The van der Waals surface area contributed by atoms with E-state index in [1.807, 2.05) is 20.8 Å². The van der Waals surface area contributed by atoms with Crippen LogP contribution in [-0.4, -0.2) is 34.0 Å². The summed E-state index contributed by atoms with van der Waals surface area (Å²) in [6.07, 6.45) is 20.4. The summed E-state index contributed by atoms with van der Waals surface area (Å²) in [6.45, 7) is 9.31. The van der Waals surface area contributed by atoms with Crippen LogP contribution in [0.15, 0.2) is 0 Å². The van der Waals surface area contributed by atoms with Crippen LogP contribution in [-0.2, 0) is 18.1 Å². The van der Waals surface area contributed by atoms with Crippen LogP contribution in [0.1, 0.15) is 130 Å². The summed E-state index contributed by atoms with van der Waals surface area (Å²) in [7, 11) is -3.14. The van der Waals surface area contributed by atoms with Crippen LogP contribution in [0.25, 0.3) is 0 Å². The van der Waals surface area contributed by atoms with Crippen molar-refractivity contribution in [2.24, 2.45) is 0 Å². The van der Waals surface area contributed by atoms with Crippen LogP contribution in [0.3, 0.4) is 0 Å². The van der Waals surface area contributed by atoms with Crippen molar-refractivity contribution in [3.63, 3.8) is 0 Å². The molecule has 0 amide bonds. The molecular weight excluding hydrogens is 380 g/mol. The maximum atomic E-state index is 12.7. The monoisotopic (exact) mass is 430 g/mol. The Hall–Kier alpha value is -0.233. The van der Waals surface area contributed by atoms with Crippen LogP contribution in [0.5, 0.6) is 0 Å². The second kappa shape index (κ2) is 21.0. The van der Waals surface area contributed by atoms with E-state index in [4.69, 9.17) is 13.3 Å². The second-order valence-corrected chi connectivity index (χ2v) is 10.5. The first-order valence-corrected chi connectivity index (χ1v) is 14.3. The highest BCUT2D eigenvalue weighted by atomic mass is 28.4. The third kappa shape index (κ3) is 15.3. The summed E-state index contributed by atoms with van der Waals surface area (Å²) in [5, 5.41) is 0.0535. The van der Waals surface area contributed by atoms with E-state index in [0.29, 0.717) is 26.2 Å². The highest BCUT2D eigenvalue weighted by molar-refractivity contribution is 6.92. The number of carbonyl (C=O) groups excluding carboxylic acids is 1. The van der Waals surface area contributed by atoms with Gasteiger partial charge in [0.05, 0.1) is 0 Å². The lowest BCUT2D eigenvalue weighted by Gasteiger charge is -2.26. The van der Waals surface area contributed by atoms with Crippen LogP contribution in [0.2, 0.25) is 0 Å². The van der Waals surface area contributed by atoms with E-state index >= 15 is 0 Å². The number of unbranched alkanes of at least 4 members (excludes halogenated alkanes) is 14. The average Bonchev–Trinajstić information content (AvgIpc) is 2.71. The molecule has 0 N–H and O–H groups in total. The Balaban J connectivity index is 3.64. The predicted molar refractivity (Wildman–Crippen MR) is 125 cm³/mol. The molecule has 0 fully saturated rings. The zero-order valence-electron chi connectivity index (χ0n) is 20.1. The van der Waals surface area contributed by atoms with Crippen molar-refractivity contribution in [2.75, 3.05) is 19.8 Å². The van der Waals surface area contributed by atoms with Gasteiger partial charge in [-0.3, -0.25) is 4.79 Å². The highest BCUT2D eigenvalue weighted by Gasteiger charge is 2.48. The van der Waals surface area contributed by atoms with Crippen molar-refractivity contribution in [2.45, 2.75) is 130 Å². The molecule has 0 heterocycles. The van der Waals surface area contributed by atoms with Crippen LogP contribution < -0.4 is 0 Å². The van der Waals surface area contributed by atoms with Gasteiger partial charge in [0, 0.05) is 26.2 Å². The fourth-order valence-electron chi connectivity index (χ4n) is 3.75. The van der Waals surface area contributed by atoms with Crippen LogP contribution in [0.4, 0.5) is 0 Å². The molecule has 0 saturated carbocycles. The van der Waals surface area contributed by atoms with Crippen molar-refractivity contribution in [3.05, 3.63) is 0 Å². The first-order chi connectivity index (χ1) is 14.2. The van der Waals surface area contributed by atoms with Crippen molar-refractivity contribution in [1.82, 2.24) is 0 Å². The minimum Gasteiger partial charge on any atom is -0.369 e. The van der Waals surface area contributed by atoms with Crippen molar-refractivity contribution in [3.8, 4) is 0 Å². The van der Waals surface area contributed by atoms with Gasteiger partial charge < -0.3 is 13.3 Å². The molecule has 0 aromatic heterocycles. The molecule has 0 radical (unpaired) electrons. The topological polar surface area (TPSA) is 44.8 Å². The summed E-state index contributed by atoms with van der Waals surface area (Å²) in [5.41, 5.74) is 0. The highest BCUT2D eigenvalue weighted by Crippen LogP contribution is 2.17. The van der Waals surface area contributed by atoms with Gasteiger partial charge in [-0.1, -0.05) is 96.8 Å². The number of rotatable bonds is 23. The fourth-order valence-corrected chi connectivity index (χ4v) is 6.10. The van der Waals surface area contributed by atoms with E-state index in [0.717, 1.165) is 12.8 Å². The largest absolute Gasteiger partial charge is 0.574 e. The Bertz CT molecular complexity index is 346. The third-order valence-corrected chi connectivity index (χ3v) is 8.29. The van der Waals surface area contributed by atoms with E-state index in [1.165, 1.54) is 83.5 Å². The van der Waals surface area contributed by atoms with Gasteiger partial charge in [-0.2, -0.15) is 0 Å². The molecule has 0 aromatic rings. The lowest BCUT2D eigenvalue weighted by molar-refractivity contribution is -0.119. The first kappa shape index (κ1) is 28.8. The molecule has 0 unspecified atom stereocenters. The van der Waals surface area contributed by atoms with Crippen LogP contribution >= 0.6 is 0 Å². The molecule has 4 nitrogen and oxygen atoms in total. The SMILES string of the molecule is CCCCCCCCCCCCCCCCCC(=O)[Si](OCC)(OCC)OCC. The van der Waals surface area contributed by atoms with Gasteiger partial charge in [-0.05, 0) is 27.2 Å². The molecule has 0 bridgehead atoms. The van der Waals surface area contributed by atoms with Gasteiger partial charge in [0.1, 0.15) is 0 Å². The Labute approximate surface area is 182 Å². The van der Waals surface area contributed by atoms with E-state index in [-0.39, 0.29) is 5.41 Å². The normalized spacial score (nSPS) is 11.9. The number of hydrogen-bond acceptors (Lipinski definition) is 4. The molecular formula is C24H50O4Si. The maximum Gasteiger partial charge on any atom is 0.574 e. The summed E-state index contributed by atoms with van der Waals surface area (Å²) in [4.78, 5) is 12.7. The Morgan fingerprint density at radius 3 is 1.14 bits per heavy atom. The van der Waals surface area contributed by atoms with E-state index in [9.17, 15) is 4.79 Å². The van der Waals surface area contributed by atoms with Gasteiger partial charge in [0.15, 0.2) is 0 Å². The van der Waals surface area contributed by atoms with Crippen molar-refractivity contribution < 1.29 is 18.1 Å². The lowest BCUT2D eigenvalue weighted by atomic mass is 10.0. The van der Waals surface area contributed by atoms with Crippen molar-refractivity contribution in [1.29, 1.82) is 0 Å². The minimum atomic E-state index is -3.14. The zero-order valence-corrected chi connectivity index (χ0v) is 21.1. The molecule has 0 atom stereocenters. The fraction of sp³-hybridized carbons (Fsp3) is 0.958. The molecule has 0 saturated heterocycles. The first-order valence-electron chi connectivity index (χ1n) is 12.6. The van der Waals surface area contributed by atoms with Gasteiger partial charge in [0.25, 0.3) is 0 Å². The van der Waals surface area contributed by atoms with Gasteiger partial charge in [-0.25, -0.2) is 0 Å². The Kier molecular flexibility index (Phi) is 20.8. The summed E-state index contributed by atoms with van der Waals surface area (Å²) >= 11 is 0. The average molecular weight is 431 g/mol. The molecule has 5 heteroatoms. The predicted octanol–water partition coefficient (Wildman–Crippen LogP) is 7.40. The van der Waals surface area contributed by atoms with E-state index < -0.39 is 8.80 Å². The molecule has 0 aliphatic carbocycles. The molecule has 0 rings (SSSR count). The Morgan fingerprint density at radius 1 is 0.517 bits per heavy atom. The molecule has 0 aliphatic heterocycles. The quantitative estimate of drug-likeness (QED) is 0.125. The molecule has 174 valence electrons. The van der Waals surface area contributed by atoms with E-state index in [1.54, 1.807) is 0 Å². The van der Waals surface area contributed by atoms with E-state index in [2.05, 4.69) is 6.92 Å². The van der Waals surface area contributed by atoms with Gasteiger partial charge in [-0.15, -0.1) is 0 Å². The summed E-state index contributed by atoms with van der Waals surface area (Å²) < 4.78 is 17.1. The Morgan fingerprint density at radius 2 is 0.828 bits per heavy atom. The third-order valence-electron chi connectivity index (χ3n) is 5.35. The zero-order chi connectivity index (χ0) is 21.6. The molecule has 0 spiro atoms. The maximum absolute atomic E-state index is 12.7. The molecule has 0 aliphatic rings. The lowest BCUT2D eigenvalue weighted by Crippen LogP contribution is -2.54. The summed E-state index contributed by atoms with van der Waals surface area (Å²) in [5.74, 6) is 0.